The summed E-state index contributed by atoms with van der Waals surface area (Å²) < 4.78 is 0.502. The Balaban J connectivity index is 2.26. The van der Waals surface area contributed by atoms with Gasteiger partial charge in [-0.1, -0.05) is 27.6 Å². The van der Waals surface area contributed by atoms with E-state index in [2.05, 4.69) is 15.9 Å². The molecule has 2 rings (SSSR count). The first-order chi connectivity index (χ1) is 9.88. The van der Waals surface area contributed by atoms with E-state index in [9.17, 15) is 20.0 Å². The Bertz CT molecular complexity index is 619. The lowest BCUT2D eigenvalue weighted by Crippen LogP contribution is -2.35. The second-order valence-corrected chi connectivity index (χ2v) is 5.61. The molecular formula is C13H13BrN2O5. The summed E-state index contributed by atoms with van der Waals surface area (Å²) in [6.45, 7) is 0.774. The highest BCUT2D eigenvalue weighted by atomic mass is 79.9. The number of aromatic hydroxyl groups is 1. The molecule has 0 aromatic heterocycles. The summed E-state index contributed by atoms with van der Waals surface area (Å²) in [4.78, 5) is 22.4. The molecule has 1 aromatic rings. The lowest BCUT2D eigenvalue weighted by Gasteiger charge is -2.25. The first-order valence-electron chi connectivity index (χ1n) is 6.22. The molecule has 0 radical (unpaired) electrons. The summed E-state index contributed by atoms with van der Waals surface area (Å²) in [5, 5.41) is 29.7. The number of hydrogen-bond acceptors (Lipinski definition) is 4. The Morgan fingerprint density at radius 1 is 1.38 bits per heavy atom. The maximum Gasteiger partial charge on any atom is 0.407 e. The zero-order valence-corrected chi connectivity index (χ0v) is 12.5. The largest absolute Gasteiger partial charge is 0.502 e. The number of hydrogen-bond donors (Lipinski definition) is 2. The number of nitro groups is 1. The molecule has 0 saturated carbocycles. The third-order valence-electron chi connectivity index (χ3n) is 3.32. The van der Waals surface area contributed by atoms with Gasteiger partial charge in [-0.25, -0.2) is 4.79 Å². The average molecular weight is 357 g/mol. The van der Waals surface area contributed by atoms with E-state index >= 15 is 0 Å². The molecule has 8 heteroatoms. The summed E-state index contributed by atoms with van der Waals surface area (Å²) in [6.07, 6.45) is 1.83. The van der Waals surface area contributed by atoms with Crippen LogP contribution in [0.4, 0.5) is 10.5 Å². The number of benzene rings is 1. The highest BCUT2D eigenvalue weighted by Crippen LogP contribution is 2.35. The van der Waals surface area contributed by atoms with Crippen molar-refractivity contribution in [2.75, 3.05) is 13.1 Å². The van der Waals surface area contributed by atoms with Crippen molar-refractivity contribution in [2.45, 2.75) is 12.8 Å². The maximum atomic E-state index is 10.9. The second kappa shape index (κ2) is 6.13. The Kier molecular flexibility index (Phi) is 4.46. The number of carbonyl (C=O) groups is 1. The number of piperidine rings is 1. The number of likely N-dealkylation sites (tertiary alicyclic amines) is 1. The Hall–Kier alpha value is -2.09. The standard InChI is InChI=1S/C13H13BrN2O5/c14-10-6-9(12(17)11(7-10)16(20)21)5-8-1-3-15(4-2-8)13(18)19/h5-7,17H,1-4H2,(H,18,19). The fraction of sp³-hybridized carbons (Fsp3) is 0.308. The third kappa shape index (κ3) is 3.52. The van der Waals surface area contributed by atoms with E-state index in [1.165, 1.54) is 11.0 Å². The minimum absolute atomic E-state index is 0.356. The van der Waals surface area contributed by atoms with E-state index in [1.807, 2.05) is 0 Å². The molecule has 1 saturated heterocycles. The maximum absolute atomic E-state index is 10.9. The molecule has 21 heavy (non-hydrogen) atoms. The summed E-state index contributed by atoms with van der Waals surface area (Å²) in [5.74, 6) is -0.378. The smallest absolute Gasteiger partial charge is 0.407 e. The molecule has 2 N–H and O–H groups in total. The van der Waals surface area contributed by atoms with Crippen LogP contribution in [0.1, 0.15) is 18.4 Å². The molecule has 7 nitrogen and oxygen atoms in total. The van der Waals surface area contributed by atoms with Crippen LogP contribution in [0, 0.1) is 10.1 Å². The van der Waals surface area contributed by atoms with Crippen molar-refractivity contribution in [3.63, 3.8) is 0 Å². The van der Waals surface area contributed by atoms with Crippen LogP contribution >= 0.6 is 15.9 Å². The highest BCUT2D eigenvalue weighted by Gasteiger charge is 2.20. The number of carboxylic acid groups (broad SMARTS) is 1. The normalized spacial score (nSPS) is 14.9. The zero-order chi connectivity index (χ0) is 15.6. The van der Waals surface area contributed by atoms with Crippen molar-refractivity contribution in [3.8, 4) is 5.75 Å². The van der Waals surface area contributed by atoms with Gasteiger partial charge in [-0.15, -0.1) is 0 Å². The molecule has 0 bridgehead atoms. The Morgan fingerprint density at radius 3 is 2.52 bits per heavy atom. The molecule has 0 aliphatic carbocycles. The topological polar surface area (TPSA) is 104 Å². The molecule has 1 aromatic carbocycles. The van der Waals surface area contributed by atoms with E-state index < -0.39 is 11.0 Å². The van der Waals surface area contributed by atoms with E-state index in [-0.39, 0.29) is 11.4 Å². The van der Waals surface area contributed by atoms with Crippen LogP contribution in [0.3, 0.4) is 0 Å². The van der Waals surface area contributed by atoms with Gasteiger partial charge in [-0.05, 0) is 18.9 Å². The minimum atomic E-state index is -0.949. The van der Waals surface area contributed by atoms with Crippen molar-refractivity contribution >= 4 is 33.8 Å². The number of phenolic OH excluding ortho intramolecular Hbond substituents is 1. The van der Waals surface area contributed by atoms with E-state index in [0.717, 1.165) is 5.57 Å². The highest BCUT2D eigenvalue weighted by molar-refractivity contribution is 9.10. The summed E-state index contributed by atoms with van der Waals surface area (Å²) in [7, 11) is 0. The fourth-order valence-corrected chi connectivity index (χ4v) is 2.67. The fourth-order valence-electron chi connectivity index (χ4n) is 2.20. The van der Waals surface area contributed by atoms with Gasteiger partial charge in [0.05, 0.1) is 4.92 Å². The van der Waals surface area contributed by atoms with Crippen LogP contribution in [-0.4, -0.2) is 39.2 Å². The number of halogens is 1. The van der Waals surface area contributed by atoms with E-state index in [4.69, 9.17) is 5.11 Å². The molecular weight excluding hydrogens is 344 g/mol. The van der Waals surface area contributed by atoms with Crippen LogP contribution in [0.2, 0.25) is 0 Å². The van der Waals surface area contributed by atoms with Gasteiger partial charge in [-0.2, -0.15) is 0 Å². The predicted octanol–water partition coefficient (Wildman–Crippen LogP) is 3.22. The Labute approximate surface area is 128 Å². The van der Waals surface area contributed by atoms with Gasteiger partial charge in [-0.3, -0.25) is 10.1 Å². The van der Waals surface area contributed by atoms with Gasteiger partial charge in [0.25, 0.3) is 0 Å². The Morgan fingerprint density at radius 2 is 2.00 bits per heavy atom. The van der Waals surface area contributed by atoms with Crippen LogP contribution in [0.25, 0.3) is 6.08 Å². The molecule has 1 heterocycles. The first kappa shape index (κ1) is 15.3. The SMILES string of the molecule is O=C(O)N1CCC(=Cc2cc(Br)cc([N+](=O)[O-])c2O)CC1. The summed E-state index contributed by atoms with van der Waals surface area (Å²) in [6, 6.07) is 2.84. The summed E-state index contributed by atoms with van der Waals surface area (Å²) >= 11 is 3.18. The molecule has 1 amide bonds. The molecule has 0 spiro atoms. The molecule has 0 atom stereocenters. The lowest BCUT2D eigenvalue weighted by atomic mass is 10.0. The first-order valence-corrected chi connectivity index (χ1v) is 7.02. The monoisotopic (exact) mass is 356 g/mol. The second-order valence-electron chi connectivity index (χ2n) is 4.69. The van der Waals surface area contributed by atoms with Crippen LogP contribution in [-0.2, 0) is 0 Å². The third-order valence-corrected chi connectivity index (χ3v) is 3.77. The van der Waals surface area contributed by atoms with Crippen LogP contribution in [0.15, 0.2) is 22.2 Å². The average Bonchev–Trinajstić information content (AvgIpc) is 2.42. The van der Waals surface area contributed by atoms with E-state index in [1.54, 1.807) is 12.1 Å². The number of nitrogens with zero attached hydrogens (tertiary/aromatic N) is 2. The van der Waals surface area contributed by atoms with Gasteiger partial charge < -0.3 is 15.1 Å². The van der Waals surface area contributed by atoms with Gasteiger partial charge in [0.15, 0.2) is 0 Å². The number of amides is 1. The molecule has 1 aliphatic rings. The van der Waals surface area contributed by atoms with Crippen LogP contribution < -0.4 is 0 Å². The van der Waals surface area contributed by atoms with Gasteiger partial charge >= 0.3 is 11.8 Å². The molecule has 1 aliphatic heterocycles. The van der Waals surface area contributed by atoms with Crippen LogP contribution in [0.5, 0.6) is 5.75 Å². The van der Waals surface area contributed by atoms with Crippen molar-refractivity contribution in [1.82, 2.24) is 4.90 Å². The quantitative estimate of drug-likeness (QED) is 0.625. The van der Waals surface area contributed by atoms with Gasteiger partial charge in [0.1, 0.15) is 0 Å². The minimum Gasteiger partial charge on any atom is -0.502 e. The number of phenols is 1. The van der Waals surface area contributed by atoms with Crippen molar-refractivity contribution in [3.05, 3.63) is 37.9 Å². The van der Waals surface area contributed by atoms with Gasteiger partial charge in [0.2, 0.25) is 5.75 Å². The predicted molar refractivity (Wildman–Crippen MR) is 79.3 cm³/mol. The molecule has 1 fully saturated rings. The van der Waals surface area contributed by atoms with Crippen molar-refractivity contribution in [1.29, 1.82) is 0 Å². The molecule has 112 valence electrons. The van der Waals surface area contributed by atoms with Crippen molar-refractivity contribution in [2.24, 2.45) is 0 Å². The lowest BCUT2D eigenvalue weighted by molar-refractivity contribution is -0.385. The molecule has 0 unspecified atom stereocenters. The number of rotatable bonds is 2. The van der Waals surface area contributed by atoms with Crippen molar-refractivity contribution < 1.29 is 19.9 Å². The van der Waals surface area contributed by atoms with E-state index in [0.29, 0.717) is 36.0 Å². The zero-order valence-electron chi connectivity index (χ0n) is 11.0. The van der Waals surface area contributed by atoms with Gasteiger partial charge in [0, 0.05) is 29.2 Å². The summed E-state index contributed by atoms with van der Waals surface area (Å²) in [5.41, 5.74) is 0.948. The number of nitro benzene ring substituents is 1.